The number of halogens is 1. The highest BCUT2D eigenvalue weighted by Gasteiger charge is 2.12. The first-order chi connectivity index (χ1) is 7.15. The minimum Gasteiger partial charge on any atom is -0.358 e. The van der Waals surface area contributed by atoms with Crippen LogP contribution in [0.1, 0.15) is 13.8 Å². The molecule has 2 N–H and O–H groups in total. The van der Waals surface area contributed by atoms with Crippen molar-refractivity contribution in [3.05, 3.63) is 17.0 Å². The molecule has 1 aromatic heterocycles. The minimum absolute atomic E-state index is 0.0528. The monoisotopic (exact) mass is 272 g/mol. The van der Waals surface area contributed by atoms with Crippen LogP contribution in [0.3, 0.4) is 0 Å². The average Bonchev–Trinajstić information content (AvgIpc) is 2.21. The van der Waals surface area contributed by atoms with Crippen LogP contribution < -0.4 is 10.6 Å². The maximum atomic E-state index is 11.4. The van der Waals surface area contributed by atoms with Gasteiger partial charge in [-0.25, -0.2) is 9.97 Å². The van der Waals surface area contributed by atoms with Crippen LogP contribution in [-0.4, -0.2) is 28.5 Å². The van der Waals surface area contributed by atoms with E-state index in [2.05, 4.69) is 36.5 Å². The van der Waals surface area contributed by atoms with Gasteiger partial charge in [-0.1, -0.05) is 0 Å². The molecule has 0 aliphatic carbocycles. The molecule has 1 heterocycles. The lowest BCUT2D eigenvalue weighted by Crippen LogP contribution is -2.37. The molecule has 0 aliphatic rings. The molecule has 0 fully saturated rings. The van der Waals surface area contributed by atoms with Gasteiger partial charge in [0.05, 0.1) is 4.47 Å². The normalized spacial score (nSPS) is 11.9. The Hall–Kier alpha value is -1.17. The van der Waals surface area contributed by atoms with E-state index < -0.39 is 0 Å². The fourth-order valence-electron chi connectivity index (χ4n) is 1.02. The number of amides is 1. The van der Waals surface area contributed by atoms with Crippen molar-refractivity contribution in [1.29, 1.82) is 0 Å². The Morgan fingerprint density at radius 3 is 3.00 bits per heavy atom. The summed E-state index contributed by atoms with van der Waals surface area (Å²) in [6.45, 7) is 4.28. The van der Waals surface area contributed by atoms with Gasteiger partial charge in [0.25, 0.3) is 0 Å². The number of rotatable bonds is 4. The molecule has 1 amide bonds. The standard InChI is InChI=1S/C9H13BrN4O/c1-3-12-9(15)6(2)14-8-7(10)4-11-5-13-8/h4-6H,3H2,1-2H3,(H,12,15)(H,11,13,14). The van der Waals surface area contributed by atoms with Crippen molar-refractivity contribution in [2.45, 2.75) is 19.9 Å². The Bertz CT molecular complexity index is 345. The molecule has 1 atom stereocenters. The first kappa shape index (κ1) is 11.9. The van der Waals surface area contributed by atoms with Gasteiger partial charge < -0.3 is 10.6 Å². The third kappa shape index (κ3) is 3.47. The maximum Gasteiger partial charge on any atom is 0.242 e. The largest absolute Gasteiger partial charge is 0.358 e. The van der Waals surface area contributed by atoms with Gasteiger partial charge in [0, 0.05) is 12.7 Å². The Morgan fingerprint density at radius 1 is 1.67 bits per heavy atom. The van der Waals surface area contributed by atoms with Crippen molar-refractivity contribution in [3.8, 4) is 0 Å². The highest BCUT2D eigenvalue weighted by Crippen LogP contribution is 2.17. The lowest BCUT2D eigenvalue weighted by Gasteiger charge is -2.14. The molecular weight excluding hydrogens is 260 g/mol. The maximum absolute atomic E-state index is 11.4. The van der Waals surface area contributed by atoms with E-state index in [0.29, 0.717) is 12.4 Å². The first-order valence-corrected chi connectivity index (χ1v) is 5.44. The van der Waals surface area contributed by atoms with E-state index in [1.165, 1.54) is 6.33 Å². The molecule has 5 nitrogen and oxygen atoms in total. The second kappa shape index (κ2) is 5.65. The van der Waals surface area contributed by atoms with Crippen LogP contribution in [0.15, 0.2) is 17.0 Å². The van der Waals surface area contributed by atoms with Crippen molar-refractivity contribution in [2.75, 3.05) is 11.9 Å². The predicted molar refractivity (Wildman–Crippen MR) is 61.5 cm³/mol. The number of carbonyl (C=O) groups excluding carboxylic acids is 1. The van der Waals surface area contributed by atoms with Gasteiger partial charge in [0.1, 0.15) is 18.2 Å². The topological polar surface area (TPSA) is 66.9 Å². The fraction of sp³-hybridized carbons (Fsp3) is 0.444. The molecular formula is C9H13BrN4O. The summed E-state index contributed by atoms with van der Waals surface area (Å²) < 4.78 is 0.737. The number of hydrogen-bond acceptors (Lipinski definition) is 4. The zero-order valence-electron chi connectivity index (χ0n) is 8.62. The van der Waals surface area contributed by atoms with Gasteiger partial charge in [-0.3, -0.25) is 4.79 Å². The van der Waals surface area contributed by atoms with E-state index in [1.54, 1.807) is 13.1 Å². The zero-order valence-corrected chi connectivity index (χ0v) is 10.2. The predicted octanol–water partition coefficient (Wildman–Crippen LogP) is 1.18. The van der Waals surface area contributed by atoms with Crippen LogP contribution in [0.2, 0.25) is 0 Å². The molecule has 82 valence electrons. The van der Waals surface area contributed by atoms with Crippen LogP contribution in [0.4, 0.5) is 5.82 Å². The summed E-state index contributed by atoms with van der Waals surface area (Å²) in [6, 6.07) is -0.323. The van der Waals surface area contributed by atoms with Crippen LogP contribution in [0.25, 0.3) is 0 Å². The summed E-state index contributed by atoms with van der Waals surface area (Å²) in [5.74, 6) is 0.562. The second-order valence-electron chi connectivity index (χ2n) is 2.98. The van der Waals surface area contributed by atoms with Gasteiger partial charge in [0.15, 0.2) is 0 Å². The number of nitrogens with zero attached hydrogens (tertiary/aromatic N) is 2. The lowest BCUT2D eigenvalue weighted by atomic mass is 10.3. The SMILES string of the molecule is CCNC(=O)C(C)Nc1ncncc1Br. The summed E-state index contributed by atoms with van der Waals surface area (Å²) in [6.07, 6.45) is 3.05. The van der Waals surface area contributed by atoms with Crippen molar-refractivity contribution in [2.24, 2.45) is 0 Å². The third-order valence-corrected chi connectivity index (χ3v) is 2.35. The molecule has 1 rings (SSSR count). The molecule has 1 aromatic rings. The van der Waals surface area contributed by atoms with E-state index in [-0.39, 0.29) is 11.9 Å². The van der Waals surface area contributed by atoms with Crippen LogP contribution in [0.5, 0.6) is 0 Å². The highest BCUT2D eigenvalue weighted by atomic mass is 79.9. The van der Waals surface area contributed by atoms with Crippen molar-refractivity contribution in [3.63, 3.8) is 0 Å². The molecule has 0 aromatic carbocycles. The van der Waals surface area contributed by atoms with Crippen LogP contribution in [0, 0.1) is 0 Å². The molecule has 6 heteroatoms. The van der Waals surface area contributed by atoms with Crippen LogP contribution in [-0.2, 0) is 4.79 Å². The van der Waals surface area contributed by atoms with Crippen molar-refractivity contribution in [1.82, 2.24) is 15.3 Å². The van der Waals surface area contributed by atoms with Gasteiger partial charge in [-0.15, -0.1) is 0 Å². The van der Waals surface area contributed by atoms with Gasteiger partial charge in [-0.05, 0) is 29.8 Å². The van der Waals surface area contributed by atoms with E-state index >= 15 is 0 Å². The molecule has 0 saturated carbocycles. The second-order valence-corrected chi connectivity index (χ2v) is 3.83. The zero-order chi connectivity index (χ0) is 11.3. The number of anilines is 1. The average molecular weight is 273 g/mol. The smallest absolute Gasteiger partial charge is 0.242 e. The van der Waals surface area contributed by atoms with Crippen molar-refractivity contribution < 1.29 is 4.79 Å². The molecule has 0 saturated heterocycles. The van der Waals surface area contributed by atoms with E-state index in [4.69, 9.17) is 0 Å². The van der Waals surface area contributed by atoms with Crippen molar-refractivity contribution >= 4 is 27.7 Å². The summed E-state index contributed by atoms with van der Waals surface area (Å²) in [7, 11) is 0. The summed E-state index contributed by atoms with van der Waals surface area (Å²) in [5.41, 5.74) is 0. The quantitative estimate of drug-likeness (QED) is 0.864. The highest BCUT2D eigenvalue weighted by molar-refractivity contribution is 9.10. The van der Waals surface area contributed by atoms with E-state index in [0.717, 1.165) is 4.47 Å². The van der Waals surface area contributed by atoms with Crippen LogP contribution >= 0.6 is 15.9 Å². The molecule has 15 heavy (non-hydrogen) atoms. The molecule has 0 spiro atoms. The number of aromatic nitrogens is 2. The fourth-order valence-corrected chi connectivity index (χ4v) is 1.35. The Kier molecular flexibility index (Phi) is 4.48. The van der Waals surface area contributed by atoms with Gasteiger partial charge in [0.2, 0.25) is 5.91 Å². The number of nitrogens with one attached hydrogen (secondary N) is 2. The Balaban J connectivity index is 2.62. The molecule has 0 radical (unpaired) electrons. The Morgan fingerprint density at radius 2 is 2.40 bits per heavy atom. The number of likely N-dealkylation sites (N-methyl/N-ethyl adjacent to an activating group) is 1. The minimum atomic E-state index is -0.323. The third-order valence-electron chi connectivity index (χ3n) is 1.77. The summed E-state index contributed by atoms with van der Waals surface area (Å²) >= 11 is 3.29. The summed E-state index contributed by atoms with van der Waals surface area (Å²) in [5, 5.41) is 5.71. The molecule has 1 unspecified atom stereocenters. The van der Waals surface area contributed by atoms with Gasteiger partial charge >= 0.3 is 0 Å². The number of hydrogen-bond donors (Lipinski definition) is 2. The Labute approximate surface area is 96.8 Å². The molecule has 0 aliphatic heterocycles. The lowest BCUT2D eigenvalue weighted by molar-refractivity contribution is -0.121. The molecule has 0 bridgehead atoms. The van der Waals surface area contributed by atoms with E-state index in [1.807, 2.05) is 6.92 Å². The van der Waals surface area contributed by atoms with Gasteiger partial charge in [-0.2, -0.15) is 0 Å². The number of carbonyl (C=O) groups is 1. The van der Waals surface area contributed by atoms with E-state index in [9.17, 15) is 4.79 Å². The first-order valence-electron chi connectivity index (χ1n) is 4.65. The summed E-state index contributed by atoms with van der Waals surface area (Å²) in [4.78, 5) is 19.3.